The summed E-state index contributed by atoms with van der Waals surface area (Å²) < 4.78 is 5.16. The molecule has 0 radical (unpaired) electrons. The van der Waals surface area contributed by atoms with Gasteiger partial charge in [0.1, 0.15) is 5.75 Å². The van der Waals surface area contributed by atoms with E-state index in [4.69, 9.17) is 4.74 Å². The second-order valence-electron chi connectivity index (χ2n) is 5.36. The predicted octanol–water partition coefficient (Wildman–Crippen LogP) is 3.25. The number of hydrogen-bond acceptors (Lipinski definition) is 3. The molecule has 2 atom stereocenters. The standard InChI is InChI=1S/C18H23NO2/c1-14(18(20)16-7-5-4-6-8-16)19(2)13-15-9-11-17(21-3)12-10-15/h4-12,14,18,20H,13H2,1-3H3/t14-,18-/m0/s1. The van der Waals surface area contributed by atoms with Gasteiger partial charge in [-0.25, -0.2) is 0 Å². The number of nitrogens with zero attached hydrogens (tertiary/aromatic N) is 1. The molecule has 0 aromatic heterocycles. The molecule has 0 unspecified atom stereocenters. The first-order valence-electron chi connectivity index (χ1n) is 7.18. The maximum Gasteiger partial charge on any atom is 0.118 e. The quantitative estimate of drug-likeness (QED) is 0.884. The number of rotatable bonds is 6. The average molecular weight is 285 g/mol. The SMILES string of the molecule is COc1ccc(CN(C)[C@@H](C)[C@H](O)c2ccccc2)cc1. The lowest BCUT2D eigenvalue weighted by molar-refractivity contribution is 0.0688. The van der Waals surface area contributed by atoms with E-state index in [0.29, 0.717) is 0 Å². The molecule has 1 N–H and O–H groups in total. The fourth-order valence-electron chi connectivity index (χ4n) is 2.33. The Kier molecular flexibility index (Phi) is 5.37. The van der Waals surface area contributed by atoms with Crippen molar-refractivity contribution in [1.82, 2.24) is 4.90 Å². The molecule has 2 aromatic rings. The van der Waals surface area contributed by atoms with Crippen LogP contribution in [-0.2, 0) is 6.54 Å². The van der Waals surface area contributed by atoms with Crippen molar-refractivity contribution >= 4 is 0 Å². The molecule has 0 saturated carbocycles. The van der Waals surface area contributed by atoms with Crippen LogP contribution >= 0.6 is 0 Å². The lowest BCUT2D eigenvalue weighted by Crippen LogP contribution is -2.33. The molecule has 0 heterocycles. The van der Waals surface area contributed by atoms with Crippen molar-refractivity contribution in [3.05, 3.63) is 65.7 Å². The second kappa shape index (κ2) is 7.25. The van der Waals surface area contributed by atoms with Gasteiger partial charge in [-0.2, -0.15) is 0 Å². The molecule has 21 heavy (non-hydrogen) atoms. The summed E-state index contributed by atoms with van der Waals surface area (Å²) in [5.41, 5.74) is 2.15. The lowest BCUT2D eigenvalue weighted by atomic mass is 10.0. The topological polar surface area (TPSA) is 32.7 Å². The third-order valence-corrected chi connectivity index (χ3v) is 3.88. The summed E-state index contributed by atoms with van der Waals surface area (Å²) in [6.45, 7) is 2.83. The maximum absolute atomic E-state index is 10.5. The Balaban J connectivity index is 2.00. The van der Waals surface area contributed by atoms with Crippen molar-refractivity contribution < 1.29 is 9.84 Å². The maximum atomic E-state index is 10.5. The highest BCUT2D eigenvalue weighted by Gasteiger charge is 2.20. The van der Waals surface area contributed by atoms with E-state index >= 15 is 0 Å². The first-order chi connectivity index (χ1) is 10.1. The Hall–Kier alpha value is -1.84. The van der Waals surface area contributed by atoms with Gasteiger partial charge in [0.15, 0.2) is 0 Å². The van der Waals surface area contributed by atoms with Crippen molar-refractivity contribution in [2.75, 3.05) is 14.2 Å². The minimum Gasteiger partial charge on any atom is -0.497 e. The second-order valence-corrected chi connectivity index (χ2v) is 5.36. The number of aliphatic hydroxyl groups excluding tert-OH is 1. The Morgan fingerprint density at radius 1 is 1.05 bits per heavy atom. The molecule has 0 aliphatic carbocycles. The number of ether oxygens (including phenoxy) is 1. The number of likely N-dealkylation sites (N-methyl/N-ethyl adjacent to an activating group) is 1. The zero-order chi connectivity index (χ0) is 15.2. The minimum absolute atomic E-state index is 0.0366. The summed E-state index contributed by atoms with van der Waals surface area (Å²) in [4.78, 5) is 2.15. The van der Waals surface area contributed by atoms with Crippen molar-refractivity contribution in [2.45, 2.75) is 25.6 Å². The molecule has 3 heteroatoms. The van der Waals surface area contributed by atoms with Crippen LogP contribution in [0.4, 0.5) is 0 Å². The summed E-state index contributed by atoms with van der Waals surface area (Å²) >= 11 is 0. The normalized spacial score (nSPS) is 14.0. The van der Waals surface area contributed by atoms with Gasteiger partial charge in [-0.1, -0.05) is 42.5 Å². The van der Waals surface area contributed by atoms with Crippen molar-refractivity contribution in [2.24, 2.45) is 0 Å². The Bertz CT molecular complexity index is 539. The zero-order valence-electron chi connectivity index (χ0n) is 12.9. The van der Waals surface area contributed by atoms with E-state index in [9.17, 15) is 5.11 Å². The molecule has 112 valence electrons. The van der Waals surface area contributed by atoms with Crippen LogP contribution in [0, 0.1) is 0 Å². The van der Waals surface area contributed by atoms with Crippen LogP contribution in [0.15, 0.2) is 54.6 Å². The van der Waals surface area contributed by atoms with Crippen LogP contribution in [0.5, 0.6) is 5.75 Å². The summed E-state index contributed by atoms with van der Waals surface area (Å²) in [5.74, 6) is 0.860. The van der Waals surface area contributed by atoms with Crippen LogP contribution in [0.1, 0.15) is 24.2 Å². The molecule has 2 aromatic carbocycles. The van der Waals surface area contributed by atoms with Crippen LogP contribution in [0.25, 0.3) is 0 Å². The molecule has 2 rings (SSSR count). The average Bonchev–Trinajstić information content (AvgIpc) is 2.55. The smallest absolute Gasteiger partial charge is 0.118 e. The lowest BCUT2D eigenvalue weighted by Gasteiger charge is -2.29. The molecule has 0 fully saturated rings. The third-order valence-electron chi connectivity index (χ3n) is 3.88. The number of methoxy groups -OCH3 is 1. The van der Waals surface area contributed by atoms with Gasteiger partial charge in [-0.3, -0.25) is 4.90 Å². The Labute approximate surface area is 126 Å². The first-order valence-corrected chi connectivity index (χ1v) is 7.18. The molecule has 0 aliphatic heterocycles. The van der Waals surface area contributed by atoms with E-state index in [1.165, 1.54) is 5.56 Å². The molecule has 0 aliphatic rings. The van der Waals surface area contributed by atoms with Gasteiger partial charge in [0.2, 0.25) is 0 Å². The molecular weight excluding hydrogens is 262 g/mol. The van der Waals surface area contributed by atoms with E-state index < -0.39 is 6.10 Å². The summed E-state index contributed by atoms with van der Waals surface area (Å²) in [6.07, 6.45) is -0.491. The van der Waals surface area contributed by atoms with E-state index in [1.807, 2.05) is 56.4 Å². The van der Waals surface area contributed by atoms with E-state index in [-0.39, 0.29) is 6.04 Å². The monoisotopic (exact) mass is 285 g/mol. The number of aliphatic hydroxyl groups is 1. The van der Waals surface area contributed by atoms with Crippen molar-refractivity contribution in [3.63, 3.8) is 0 Å². The Morgan fingerprint density at radius 3 is 2.24 bits per heavy atom. The third kappa shape index (κ3) is 4.06. The van der Waals surface area contributed by atoms with Crippen LogP contribution < -0.4 is 4.74 Å². The van der Waals surface area contributed by atoms with Gasteiger partial charge in [0.25, 0.3) is 0 Å². The highest BCUT2D eigenvalue weighted by molar-refractivity contribution is 5.27. The zero-order valence-corrected chi connectivity index (χ0v) is 12.9. The fraction of sp³-hybridized carbons (Fsp3) is 0.333. The van der Waals surface area contributed by atoms with E-state index in [2.05, 4.69) is 17.0 Å². The summed E-state index contributed by atoms with van der Waals surface area (Å²) in [5, 5.41) is 10.5. The summed E-state index contributed by atoms with van der Waals surface area (Å²) in [7, 11) is 3.69. The summed E-state index contributed by atoms with van der Waals surface area (Å²) in [6, 6.07) is 17.8. The van der Waals surface area contributed by atoms with Crippen molar-refractivity contribution in [3.8, 4) is 5.75 Å². The van der Waals surface area contributed by atoms with Gasteiger partial charge in [-0.15, -0.1) is 0 Å². The van der Waals surface area contributed by atoms with Gasteiger partial charge < -0.3 is 9.84 Å². The molecule has 0 spiro atoms. The molecule has 0 amide bonds. The minimum atomic E-state index is -0.491. The van der Waals surface area contributed by atoms with E-state index in [1.54, 1.807) is 7.11 Å². The van der Waals surface area contributed by atoms with Crippen LogP contribution in [-0.4, -0.2) is 30.2 Å². The molecular formula is C18H23NO2. The van der Waals surface area contributed by atoms with Crippen molar-refractivity contribution in [1.29, 1.82) is 0 Å². The number of hydrogen-bond donors (Lipinski definition) is 1. The van der Waals surface area contributed by atoms with Gasteiger partial charge >= 0.3 is 0 Å². The van der Waals surface area contributed by atoms with Crippen LogP contribution in [0.3, 0.4) is 0 Å². The highest BCUT2D eigenvalue weighted by atomic mass is 16.5. The van der Waals surface area contributed by atoms with Gasteiger partial charge in [-0.05, 0) is 37.2 Å². The Morgan fingerprint density at radius 2 is 1.67 bits per heavy atom. The predicted molar refractivity (Wildman–Crippen MR) is 85.3 cm³/mol. The number of benzene rings is 2. The van der Waals surface area contributed by atoms with Gasteiger partial charge in [0, 0.05) is 12.6 Å². The highest BCUT2D eigenvalue weighted by Crippen LogP contribution is 2.21. The van der Waals surface area contributed by atoms with Gasteiger partial charge in [0.05, 0.1) is 13.2 Å². The first kappa shape index (κ1) is 15.5. The fourth-order valence-corrected chi connectivity index (χ4v) is 2.33. The van der Waals surface area contributed by atoms with Crippen LogP contribution in [0.2, 0.25) is 0 Å². The largest absolute Gasteiger partial charge is 0.497 e. The molecule has 0 bridgehead atoms. The van der Waals surface area contributed by atoms with E-state index in [0.717, 1.165) is 17.9 Å². The molecule has 0 saturated heterocycles. The molecule has 3 nitrogen and oxygen atoms in total.